The van der Waals surface area contributed by atoms with Crippen LogP contribution in [0.2, 0.25) is 0 Å². The average molecular weight is 1560 g/mol. The van der Waals surface area contributed by atoms with E-state index in [1.165, 1.54) is 54.6 Å². The molecule has 8 aliphatic heterocycles. The Labute approximate surface area is 606 Å². The summed E-state index contributed by atoms with van der Waals surface area (Å²) in [6, 6.07) is 0. The smallest absolute Gasteiger partial charge is 0.424 e. The van der Waals surface area contributed by atoms with E-state index >= 15 is 0 Å². The topological polar surface area (TPSA) is 358 Å². The second-order valence-electron chi connectivity index (χ2n) is 22.8. The minimum absolute atomic E-state index is 0.0947. The molecule has 0 amide bonds. The number of halogens is 10. The summed E-state index contributed by atoms with van der Waals surface area (Å²) in [7, 11) is 0. The molecule has 0 aromatic heterocycles. The highest BCUT2D eigenvalue weighted by molar-refractivity contribution is 5.65. The summed E-state index contributed by atoms with van der Waals surface area (Å²) in [5.74, 6) is -2.55. The number of alkyl halides is 3. The van der Waals surface area contributed by atoms with Crippen LogP contribution in [0.15, 0.2) is 49.1 Å². The maximum atomic E-state index is 12.4. The lowest BCUT2D eigenvalue weighted by molar-refractivity contribution is -0.183. The Bertz CT molecular complexity index is 3320. The highest BCUT2D eigenvalue weighted by Gasteiger charge is 2.52. The lowest BCUT2D eigenvalue weighted by Gasteiger charge is -2.23. The lowest BCUT2D eigenvalue weighted by atomic mass is 10.2. The maximum Gasteiger partial charge on any atom is 0.511 e. The Morgan fingerprint density at radius 3 is 0.869 bits per heavy atom. The fraction of sp³-hybridized carbons (Fsp3) is 0.631. The van der Waals surface area contributed by atoms with Crippen LogP contribution in [0, 0.1) is 48.6 Å². The third-order valence-electron chi connectivity index (χ3n) is 14.7. The molecule has 602 valence electrons. The molecule has 8 saturated heterocycles. The number of rotatable bonds is 20. The summed E-state index contributed by atoms with van der Waals surface area (Å²) in [4.78, 5) is 85.4. The minimum Gasteiger partial charge on any atom is -0.424 e. The summed E-state index contributed by atoms with van der Waals surface area (Å²) >= 11 is 0. The van der Waals surface area contributed by atoms with Crippen molar-refractivity contribution in [3.63, 3.8) is 0 Å². The minimum atomic E-state index is -4.56. The van der Waals surface area contributed by atoms with Gasteiger partial charge >= 0.3 is 61.5 Å². The first-order valence-electron chi connectivity index (χ1n) is 30.7. The SMILES string of the molecule is C#CCOC1(C)OC(=O)OC1C.C#CCOC1(C)OC(=O)OC1C.C=C(F)COC1(C)OC(=O)OC1C.C=CCOC1(C)OC(=O)OC1C.CC1OC(=O)OC1(C)OCC#CC(F)(F)F.CC1OC(=O)OC1(C)OCC#CF.CC1OC(=O)OC1(C)OCC(F)=C(F)F.CC1OC(=O)OC1(C)OCC=C(F)F. The number of ether oxygens (including phenoxy) is 24. The van der Waals surface area contributed by atoms with Gasteiger partial charge in [-0.1, -0.05) is 30.4 Å². The van der Waals surface area contributed by atoms with Crippen molar-refractivity contribution in [2.24, 2.45) is 0 Å². The molecular formula is C65H80F10O32. The largest absolute Gasteiger partial charge is 0.511 e. The van der Waals surface area contributed by atoms with Crippen LogP contribution >= 0.6 is 0 Å². The fourth-order valence-corrected chi connectivity index (χ4v) is 7.24. The van der Waals surface area contributed by atoms with Crippen molar-refractivity contribution in [2.45, 2.75) is 212 Å². The Morgan fingerprint density at radius 2 is 0.654 bits per heavy atom. The molecule has 107 heavy (non-hydrogen) atoms. The van der Waals surface area contributed by atoms with Crippen molar-refractivity contribution in [1.29, 1.82) is 0 Å². The fourth-order valence-electron chi connectivity index (χ4n) is 7.24. The zero-order valence-electron chi connectivity index (χ0n) is 60.3. The van der Waals surface area contributed by atoms with Gasteiger partial charge in [0.25, 0.3) is 52.4 Å². The van der Waals surface area contributed by atoms with Gasteiger partial charge in [0.1, 0.15) is 51.6 Å². The molecule has 8 fully saturated rings. The normalized spacial score (nSPS) is 31.7. The highest BCUT2D eigenvalue weighted by atomic mass is 19.4. The monoisotopic (exact) mass is 1560 g/mol. The summed E-state index contributed by atoms with van der Waals surface area (Å²) < 4.78 is 233. The van der Waals surface area contributed by atoms with Crippen LogP contribution in [0.25, 0.3) is 0 Å². The highest BCUT2D eigenvalue weighted by Crippen LogP contribution is 2.35. The van der Waals surface area contributed by atoms with Crippen molar-refractivity contribution in [3.05, 3.63) is 49.1 Å². The lowest BCUT2D eigenvalue weighted by Crippen LogP contribution is -2.38. The summed E-state index contributed by atoms with van der Waals surface area (Å²) in [5, 5.41) is 0. The van der Waals surface area contributed by atoms with Gasteiger partial charge in [-0.25, -0.2) is 47.1 Å². The van der Waals surface area contributed by atoms with E-state index < -0.39 is 181 Å². The molecule has 16 unspecified atom stereocenters. The van der Waals surface area contributed by atoms with Crippen LogP contribution in [0.1, 0.15) is 111 Å². The third kappa shape index (κ3) is 32.1. The van der Waals surface area contributed by atoms with E-state index in [4.69, 9.17) is 88.6 Å². The van der Waals surface area contributed by atoms with Crippen LogP contribution in [0.5, 0.6) is 0 Å². The molecule has 8 aliphatic rings. The van der Waals surface area contributed by atoms with E-state index in [1.807, 2.05) is 5.92 Å². The molecule has 0 saturated carbocycles. The molecule has 8 rings (SSSR count). The predicted octanol–water partition coefficient (Wildman–Crippen LogP) is 12.5. The summed E-state index contributed by atoms with van der Waals surface area (Å²) in [6.45, 7) is 29.6. The van der Waals surface area contributed by atoms with Gasteiger partial charge in [-0.15, -0.1) is 23.8 Å². The van der Waals surface area contributed by atoms with Gasteiger partial charge in [0.05, 0.1) is 13.2 Å². The molecule has 0 aromatic rings. The van der Waals surface area contributed by atoms with Crippen molar-refractivity contribution in [3.8, 4) is 48.6 Å². The Hall–Kier alpha value is -9.66. The van der Waals surface area contributed by atoms with Crippen LogP contribution in [0.3, 0.4) is 0 Å². The van der Waals surface area contributed by atoms with Gasteiger partial charge in [-0.05, 0) is 61.3 Å². The molecular weight excluding hydrogens is 1480 g/mol. The van der Waals surface area contributed by atoms with E-state index in [0.717, 1.165) is 5.92 Å². The maximum absolute atomic E-state index is 12.4. The van der Waals surface area contributed by atoms with Crippen molar-refractivity contribution in [2.75, 3.05) is 52.9 Å². The summed E-state index contributed by atoms with van der Waals surface area (Å²) in [5.41, 5.74) is 0. The van der Waals surface area contributed by atoms with Gasteiger partial charge in [-0.3, -0.25) is 0 Å². The average Bonchev–Trinajstić information content (AvgIpc) is 1.78. The quantitative estimate of drug-likeness (QED) is 0.0359. The van der Waals surface area contributed by atoms with E-state index in [1.54, 1.807) is 74.3 Å². The molecule has 0 aromatic carbocycles. The van der Waals surface area contributed by atoms with E-state index in [2.05, 4.69) is 62.9 Å². The van der Waals surface area contributed by atoms with Gasteiger partial charge in [0.15, 0.2) is 54.7 Å². The van der Waals surface area contributed by atoms with Crippen LogP contribution in [-0.4, -0.2) is 203 Å². The standard InChI is InChI=1S/C9H9F3O4.C8H9F3O4.C8H10F2O4.C8H11FO4.C8H9FO4.C8H12O4.2C8H10O4/c1-6-8(2,16-7(13)15-6)14-5-3-4-9(10,11)12;1-4-8(2,15-7(12)14-4)13-3-5(9)6(10)11;1-5-8(2,14-7(11)13-5)12-4-3-6(9)10;1-5(9)4-11-8(3)6(2)12-7(10)13-8;1-6-8(2,11-5-3-4-9)13-7(10)12-6;3*1-4-5-10-8(3)6(2)11-7(9)12-8/h6H,5H2,1-2H3;4H,3H2,1-2H3;3,5H,4H2,1-2H3;6H,1,4H2,2-3H3;6H,5H2,1-2H3;4,6H,1,5H2,2-3H3;2*1,6H,5H2,2-3H3. The van der Waals surface area contributed by atoms with E-state index in [0.29, 0.717) is 12.7 Å². The number of cyclic esters (lactones) is 16. The van der Waals surface area contributed by atoms with Gasteiger partial charge in [0.2, 0.25) is 0 Å². The molecule has 42 heteroatoms. The second-order valence-corrected chi connectivity index (χ2v) is 22.8. The van der Waals surface area contributed by atoms with Crippen molar-refractivity contribution < 1.29 is 196 Å². The van der Waals surface area contributed by atoms with Crippen molar-refractivity contribution >= 4 is 49.2 Å². The van der Waals surface area contributed by atoms with E-state index in [-0.39, 0.29) is 39.1 Å². The molecule has 0 aliphatic carbocycles. The molecule has 0 N–H and O–H groups in total. The number of hydrogen-bond donors (Lipinski definition) is 0. The van der Waals surface area contributed by atoms with Gasteiger partial charge in [-0.2, -0.15) is 30.7 Å². The van der Waals surface area contributed by atoms with Crippen molar-refractivity contribution in [1.82, 2.24) is 0 Å². The van der Waals surface area contributed by atoms with E-state index in [9.17, 15) is 82.3 Å². The van der Waals surface area contributed by atoms with Gasteiger partial charge < -0.3 is 114 Å². The number of carbonyl (C=O) groups excluding carboxylic acids is 8. The molecule has 8 heterocycles. The Morgan fingerprint density at radius 1 is 0.411 bits per heavy atom. The number of terminal acetylenes is 2. The van der Waals surface area contributed by atoms with Gasteiger partial charge in [0, 0.05) is 67.4 Å². The van der Waals surface area contributed by atoms with Crippen LogP contribution in [0.4, 0.5) is 82.3 Å². The first-order valence-corrected chi connectivity index (χ1v) is 30.7. The Balaban J connectivity index is 0.000000613. The molecule has 0 radical (unpaired) electrons. The first-order chi connectivity index (χ1) is 49.3. The first kappa shape index (κ1) is 95.4. The Kier molecular flexibility index (Phi) is 37.5. The third-order valence-corrected chi connectivity index (χ3v) is 14.7. The van der Waals surface area contributed by atoms with Crippen LogP contribution in [-0.2, 0) is 114 Å². The van der Waals surface area contributed by atoms with Crippen LogP contribution < -0.4 is 0 Å². The number of hydrogen-bond acceptors (Lipinski definition) is 32. The predicted molar refractivity (Wildman–Crippen MR) is 333 cm³/mol. The summed E-state index contributed by atoms with van der Waals surface area (Å²) in [6.07, 6.45) is -6.44. The molecule has 0 spiro atoms. The number of carbonyl (C=O) groups is 8. The second kappa shape index (κ2) is 42.0. The molecule has 32 nitrogen and oxygen atoms in total. The molecule has 16 atom stereocenters. The zero-order valence-corrected chi connectivity index (χ0v) is 60.3. The molecule has 0 bridgehead atoms. The zero-order chi connectivity index (χ0) is 82.3.